The molecule has 1 unspecified atom stereocenters. The van der Waals surface area contributed by atoms with Crippen LogP contribution in [0.2, 0.25) is 0 Å². The summed E-state index contributed by atoms with van der Waals surface area (Å²) in [6.07, 6.45) is 1.71. The summed E-state index contributed by atoms with van der Waals surface area (Å²) in [7, 11) is 0. The molecule has 1 fully saturated rings. The molecular formula is C16H22N2OS. The Bertz CT molecular complexity index is 492. The number of benzene rings is 1. The van der Waals surface area contributed by atoms with Gasteiger partial charge >= 0.3 is 0 Å². The quantitative estimate of drug-likeness (QED) is 0.871. The first-order valence-corrected chi connectivity index (χ1v) is 7.48. The van der Waals surface area contributed by atoms with Crippen molar-refractivity contribution in [1.29, 1.82) is 0 Å². The molecule has 0 aliphatic carbocycles. The minimum absolute atomic E-state index is 0.0922. The van der Waals surface area contributed by atoms with Gasteiger partial charge in [-0.2, -0.15) is 0 Å². The van der Waals surface area contributed by atoms with Gasteiger partial charge in [-0.05, 0) is 25.3 Å². The number of hydrogen-bond acceptors (Lipinski definition) is 2. The highest BCUT2D eigenvalue weighted by Gasteiger charge is 2.35. The van der Waals surface area contributed by atoms with Gasteiger partial charge in [-0.25, -0.2) is 0 Å². The van der Waals surface area contributed by atoms with E-state index in [0.717, 1.165) is 31.5 Å². The fourth-order valence-corrected chi connectivity index (χ4v) is 2.83. The fraction of sp³-hybridized carbons (Fsp3) is 0.500. The van der Waals surface area contributed by atoms with E-state index in [1.165, 1.54) is 0 Å². The van der Waals surface area contributed by atoms with Crippen LogP contribution in [0.4, 0.5) is 0 Å². The minimum Gasteiger partial charge on any atom is -0.393 e. The summed E-state index contributed by atoms with van der Waals surface area (Å²) in [6, 6.07) is 9.92. The first kappa shape index (κ1) is 15.0. The third-order valence-electron chi connectivity index (χ3n) is 4.44. The maximum absolute atomic E-state index is 12.5. The second kappa shape index (κ2) is 5.92. The summed E-state index contributed by atoms with van der Waals surface area (Å²) >= 11 is 5.14. The van der Waals surface area contributed by atoms with Crippen LogP contribution in [-0.4, -0.2) is 28.9 Å². The Balaban J connectivity index is 2.00. The Kier molecular flexibility index (Phi) is 4.43. The highest BCUT2D eigenvalue weighted by molar-refractivity contribution is 7.80. The van der Waals surface area contributed by atoms with Crippen molar-refractivity contribution < 1.29 is 4.79 Å². The van der Waals surface area contributed by atoms with E-state index in [-0.39, 0.29) is 17.2 Å². The van der Waals surface area contributed by atoms with Gasteiger partial charge in [0.1, 0.15) is 0 Å². The average Bonchev–Trinajstić information content (AvgIpc) is 2.47. The van der Waals surface area contributed by atoms with Crippen LogP contribution in [-0.2, 0) is 4.79 Å². The maximum atomic E-state index is 12.5. The number of carbonyl (C=O) groups excluding carboxylic acids is 1. The molecule has 1 aliphatic rings. The van der Waals surface area contributed by atoms with Gasteiger partial charge < -0.3 is 10.6 Å². The zero-order valence-corrected chi connectivity index (χ0v) is 13.0. The first-order valence-electron chi connectivity index (χ1n) is 7.08. The highest BCUT2D eigenvalue weighted by atomic mass is 32.1. The molecule has 4 heteroatoms. The summed E-state index contributed by atoms with van der Waals surface area (Å²) in [4.78, 5) is 15.1. The number of thiocarbonyl (C=S) groups is 1. The Hall–Kier alpha value is -1.42. The predicted molar refractivity (Wildman–Crippen MR) is 85.6 cm³/mol. The van der Waals surface area contributed by atoms with Gasteiger partial charge in [0.2, 0.25) is 5.91 Å². The summed E-state index contributed by atoms with van der Waals surface area (Å²) in [5.74, 6) is 0.103. The maximum Gasteiger partial charge on any atom is 0.229 e. The van der Waals surface area contributed by atoms with Crippen molar-refractivity contribution in [3.63, 3.8) is 0 Å². The van der Waals surface area contributed by atoms with Crippen molar-refractivity contribution in [2.24, 2.45) is 11.1 Å². The molecule has 0 spiro atoms. The van der Waals surface area contributed by atoms with Gasteiger partial charge in [-0.1, -0.05) is 49.5 Å². The van der Waals surface area contributed by atoms with Crippen LogP contribution in [0.1, 0.15) is 38.2 Å². The van der Waals surface area contributed by atoms with E-state index < -0.39 is 0 Å². The van der Waals surface area contributed by atoms with E-state index in [9.17, 15) is 4.79 Å². The van der Waals surface area contributed by atoms with Gasteiger partial charge in [0.05, 0.1) is 10.9 Å². The normalized spacial score (nSPS) is 19.4. The Labute approximate surface area is 126 Å². The SMILES string of the molecule is CC(C(=O)N1CCC(C)(C(N)=S)CC1)c1ccccc1. The smallest absolute Gasteiger partial charge is 0.229 e. The zero-order chi connectivity index (χ0) is 14.8. The largest absolute Gasteiger partial charge is 0.393 e. The molecule has 1 atom stereocenters. The number of piperidine rings is 1. The van der Waals surface area contributed by atoms with Crippen LogP contribution in [0.15, 0.2) is 30.3 Å². The second-order valence-corrected chi connectivity index (χ2v) is 6.32. The van der Waals surface area contributed by atoms with Crippen molar-refractivity contribution in [2.75, 3.05) is 13.1 Å². The van der Waals surface area contributed by atoms with E-state index in [1.807, 2.05) is 42.2 Å². The molecule has 1 aliphatic heterocycles. The van der Waals surface area contributed by atoms with E-state index in [0.29, 0.717) is 4.99 Å². The lowest BCUT2D eigenvalue weighted by atomic mass is 9.80. The van der Waals surface area contributed by atoms with E-state index >= 15 is 0 Å². The lowest BCUT2D eigenvalue weighted by Gasteiger charge is -2.39. The molecule has 1 saturated heterocycles. The second-order valence-electron chi connectivity index (χ2n) is 5.88. The molecule has 108 valence electrons. The zero-order valence-electron chi connectivity index (χ0n) is 12.1. The standard InChI is InChI=1S/C16H22N2OS/c1-12(13-6-4-3-5-7-13)14(19)18-10-8-16(2,9-11-18)15(17)20/h3-7,12H,8-11H2,1-2H3,(H2,17,20). The van der Waals surface area contributed by atoms with E-state index in [1.54, 1.807) is 0 Å². The van der Waals surface area contributed by atoms with Crippen molar-refractivity contribution >= 4 is 23.1 Å². The number of amides is 1. The third-order valence-corrected chi connectivity index (χ3v) is 4.94. The van der Waals surface area contributed by atoms with Crippen LogP contribution in [0.25, 0.3) is 0 Å². The molecule has 1 aromatic rings. The number of nitrogens with zero attached hydrogens (tertiary/aromatic N) is 1. The Morgan fingerprint density at radius 2 is 1.85 bits per heavy atom. The summed E-state index contributed by atoms with van der Waals surface area (Å²) < 4.78 is 0. The average molecular weight is 290 g/mol. The van der Waals surface area contributed by atoms with E-state index in [2.05, 4.69) is 6.92 Å². The molecule has 0 bridgehead atoms. The first-order chi connectivity index (χ1) is 9.44. The van der Waals surface area contributed by atoms with Gasteiger partial charge in [-0.15, -0.1) is 0 Å². The molecule has 3 nitrogen and oxygen atoms in total. The molecule has 2 rings (SSSR count). The molecule has 1 heterocycles. The van der Waals surface area contributed by atoms with Gasteiger partial charge in [-0.3, -0.25) is 4.79 Å². The minimum atomic E-state index is -0.0951. The van der Waals surface area contributed by atoms with Crippen LogP contribution < -0.4 is 5.73 Å². The number of nitrogens with two attached hydrogens (primary N) is 1. The van der Waals surface area contributed by atoms with Crippen LogP contribution in [0.5, 0.6) is 0 Å². The topological polar surface area (TPSA) is 46.3 Å². The molecule has 2 N–H and O–H groups in total. The summed E-state index contributed by atoms with van der Waals surface area (Å²) in [5.41, 5.74) is 6.78. The van der Waals surface area contributed by atoms with Crippen molar-refractivity contribution in [3.8, 4) is 0 Å². The number of likely N-dealkylation sites (tertiary alicyclic amines) is 1. The molecule has 1 amide bonds. The van der Waals surface area contributed by atoms with E-state index in [4.69, 9.17) is 18.0 Å². The van der Waals surface area contributed by atoms with Crippen LogP contribution >= 0.6 is 12.2 Å². The number of rotatable bonds is 3. The van der Waals surface area contributed by atoms with Crippen molar-refractivity contribution in [2.45, 2.75) is 32.6 Å². The molecule has 0 aromatic heterocycles. The fourth-order valence-electron chi connectivity index (χ4n) is 2.63. The van der Waals surface area contributed by atoms with Gasteiger partial charge in [0, 0.05) is 18.5 Å². The summed E-state index contributed by atoms with van der Waals surface area (Å²) in [5, 5.41) is 0. The Morgan fingerprint density at radius 1 is 1.30 bits per heavy atom. The lowest BCUT2D eigenvalue weighted by molar-refractivity contribution is -0.134. The van der Waals surface area contributed by atoms with Crippen molar-refractivity contribution in [3.05, 3.63) is 35.9 Å². The Morgan fingerprint density at radius 3 is 2.35 bits per heavy atom. The predicted octanol–water partition coefficient (Wildman–Crippen LogP) is 2.70. The molecule has 0 radical (unpaired) electrons. The molecular weight excluding hydrogens is 268 g/mol. The third kappa shape index (κ3) is 3.01. The monoisotopic (exact) mass is 290 g/mol. The number of carbonyl (C=O) groups is 1. The highest BCUT2D eigenvalue weighted by Crippen LogP contribution is 2.32. The molecule has 0 saturated carbocycles. The summed E-state index contributed by atoms with van der Waals surface area (Å²) in [6.45, 7) is 5.55. The number of hydrogen-bond donors (Lipinski definition) is 1. The lowest BCUT2D eigenvalue weighted by Crippen LogP contribution is -2.47. The van der Waals surface area contributed by atoms with Crippen LogP contribution in [0.3, 0.4) is 0 Å². The molecule has 20 heavy (non-hydrogen) atoms. The van der Waals surface area contributed by atoms with Crippen molar-refractivity contribution in [1.82, 2.24) is 4.90 Å². The van der Waals surface area contributed by atoms with Gasteiger partial charge in [0.15, 0.2) is 0 Å². The van der Waals surface area contributed by atoms with Crippen LogP contribution in [0, 0.1) is 5.41 Å². The van der Waals surface area contributed by atoms with Gasteiger partial charge in [0.25, 0.3) is 0 Å². The molecule has 1 aromatic carbocycles.